The highest BCUT2D eigenvalue weighted by Gasteiger charge is 1.98. The summed E-state index contributed by atoms with van der Waals surface area (Å²) in [6, 6.07) is 0. The van der Waals surface area contributed by atoms with Gasteiger partial charge in [-0.2, -0.15) is 0 Å². The molecule has 0 N–H and O–H groups in total. The van der Waals surface area contributed by atoms with E-state index in [-0.39, 0.29) is 5.97 Å². The molecule has 0 atom stereocenters. The molecular weight excluding hydrogens is 272 g/mol. The Hall–Kier alpha value is -0.790. The highest BCUT2D eigenvalue weighted by Crippen LogP contribution is 2.12. The SMILES string of the molecule is CCCCCCCCCCCCCC=CC(=O)OCC(C)C. The van der Waals surface area contributed by atoms with Gasteiger partial charge >= 0.3 is 5.97 Å². The van der Waals surface area contributed by atoms with Crippen molar-refractivity contribution in [3.8, 4) is 0 Å². The second-order valence-electron chi connectivity index (χ2n) is 6.75. The van der Waals surface area contributed by atoms with E-state index in [1.807, 2.05) is 19.9 Å². The first-order valence-electron chi connectivity index (χ1n) is 9.50. The molecule has 0 aliphatic carbocycles. The van der Waals surface area contributed by atoms with E-state index in [2.05, 4.69) is 6.92 Å². The predicted molar refractivity (Wildman–Crippen MR) is 96.0 cm³/mol. The van der Waals surface area contributed by atoms with Gasteiger partial charge in [0.1, 0.15) is 0 Å². The van der Waals surface area contributed by atoms with Crippen molar-refractivity contribution in [2.24, 2.45) is 5.92 Å². The molecule has 0 bridgehead atoms. The van der Waals surface area contributed by atoms with Gasteiger partial charge in [-0.3, -0.25) is 0 Å². The fourth-order valence-electron chi connectivity index (χ4n) is 2.40. The number of hydrogen-bond donors (Lipinski definition) is 0. The van der Waals surface area contributed by atoms with Gasteiger partial charge in [0.2, 0.25) is 0 Å². The lowest BCUT2D eigenvalue weighted by Crippen LogP contribution is -2.06. The Morgan fingerprint density at radius 2 is 1.36 bits per heavy atom. The zero-order chi connectivity index (χ0) is 16.5. The lowest BCUT2D eigenvalue weighted by atomic mass is 10.1. The smallest absolute Gasteiger partial charge is 0.330 e. The third kappa shape index (κ3) is 17.3. The van der Waals surface area contributed by atoms with Gasteiger partial charge in [0.25, 0.3) is 0 Å². The summed E-state index contributed by atoms with van der Waals surface area (Å²) in [4.78, 5) is 11.3. The standard InChI is InChI=1S/C20H38O2/c1-4-5-6-7-8-9-10-11-12-13-14-15-16-17-20(21)22-18-19(2)3/h16-17,19H,4-15,18H2,1-3H3. The largest absolute Gasteiger partial charge is 0.462 e. The highest BCUT2D eigenvalue weighted by atomic mass is 16.5. The molecule has 0 aliphatic heterocycles. The Labute approximate surface area is 138 Å². The van der Waals surface area contributed by atoms with Crippen molar-refractivity contribution in [2.45, 2.75) is 97.8 Å². The van der Waals surface area contributed by atoms with Crippen LogP contribution in [0.15, 0.2) is 12.2 Å². The molecule has 0 aromatic carbocycles. The zero-order valence-corrected chi connectivity index (χ0v) is 15.2. The van der Waals surface area contributed by atoms with Crippen LogP contribution in [0.2, 0.25) is 0 Å². The van der Waals surface area contributed by atoms with Crippen LogP contribution in [-0.4, -0.2) is 12.6 Å². The summed E-state index contributed by atoms with van der Waals surface area (Å²) in [5.74, 6) is 0.209. The molecule has 0 amide bonds. The molecule has 130 valence electrons. The van der Waals surface area contributed by atoms with E-state index in [1.165, 1.54) is 70.6 Å². The molecule has 2 nitrogen and oxygen atoms in total. The molecule has 0 aromatic rings. The number of unbranched alkanes of at least 4 members (excludes halogenated alkanes) is 11. The maximum Gasteiger partial charge on any atom is 0.330 e. The van der Waals surface area contributed by atoms with Gasteiger partial charge in [-0.15, -0.1) is 0 Å². The molecule has 0 fully saturated rings. The Balaban J connectivity index is 3.21. The van der Waals surface area contributed by atoms with Crippen LogP contribution < -0.4 is 0 Å². The number of hydrogen-bond acceptors (Lipinski definition) is 2. The second kappa shape index (κ2) is 16.6. The summed E-state index contributed by atoms with van der Waals surface area (Å²) in [6.45, 7) is 6.87. The Morgan fingerprint density at radius 1 is 0.864 bits per heavy atom. The van der Waals surface area contributed by atoms with Crippen LogP contribution in [0.4, 0.5) is 0 Å². The fraction of sp³-hybridized carbons (Fsp3) is 0.850. The first kappa shape index (κ1) is 21.2. The number of ether oxygens (including phenoxy) is 1. The molecule has 22 heavy (non-hydrogen) atoms. The van der Waals surface area contributed by atoms with Crippen LogP contribution in [0.25, 0.3) is 0 Å². The first-order valence-corrected chi connectivity index (χ1v) is 9.50. The summed E-state index contributed by atoms with van der Waals surface area (Å²) in [5, 5.41) is 0. The molecule has 0 rings (SSSR count). The molecule has 0 saturated carbocycles. The van der Waals surface area contributed by atoms with E-state index in [0.29, 0.717) is 12.5 Å². The van der Waals surface area contributed by atoms with Gasteiger partial charge in [0.05, 0.1) is 6.61 Å². The third-order valence-corrected chi connectivity index (χ3v) is 3.79. The Bertz CT molecular complexity index is 269. The normalized spacial score (nSPS) is 11.5. The molecule has 2 heteroatoms. The quantitative estimate of drug-likeness (QED) is 0.197. The van der Waals surface area contributed by atoms with Crippen LogP contribution in [-0.2, 0) is 9.53 Å². The maximum atomic E-state index is 11.3. The van der Waals surface area contributed by atoms with Crippen LogP contribution in [0, 0.1) is 5.92 Å². The molecule has 0 radical (unpaired) electrons. The van der Waals surface area contributed by atoms with Gasteiger partial charge in [0, 0.05) is 6.08 Å². The van der Waals surface area contributed by atoms with Crippen molar-refractivity contribution in [2.75, 3.05) is 6.61 Å². The van der Waals surface area contributed by atoms with Crippen molar-refractivity contribution in [3.63, 3.8) is 0 Å². The predicted octanol–water partition coefficient (Wildman–Crippen LogP) is 6.44. The van der Waals surface area contributed by atoms with Gasteiger partial charge in [-0.1, -0.05) is 91.1 Å². The number of rotatable bonds is 15. The van der Waals surface area contributed by atoms with E-state index in [1.54, 1.807) is 6.08 Å². The lowest BCUT2D eigenvalue weighted by molar-refractivity contribution is -0.138. The van der Waals surface area contributed by atoms with Crippen molar-refractivity contribution < 1.29 is 9.53 Å². The van der Waals surface area contributed by atoms with E-state index in [0.717, 1.165) is 6.42 Å². The van der Waals surface area contributed by atoms with E-state index in [9.17, 15) is 4.79 Å². The minimum Gasteiger partial charge on any atom is -0.462 e. The van der Waals surface area contributed by atoms with E-state index in [4.69, 9.17) is 4.74 Å². The number of carbonyl (C=O) groups excluding carboxylic acids is 1. The van der Waals surface area contributed by atoms with E-state index >= 15 is 0 Å². The first-order chi connectivity index (χ1) is 10.7. The summed E-state index contributed by atoms with van der Waals surface area (Å²) in [6.07, 6.45) is 19.5. The molecule has 0 heterocycles. The van der Waals surface area contributed by atoms with Gasteiger partial charge in [0.15, 0.2) is 0 Å². The van der Waals surface area contributed by atoms with Crippen molar-refractivity contribution in [3.05, 3.63) is 12.2 Å². The topological polar surface area (TPSA) is 26.3 Å². The summed E-state index contributed by atoms with van der Waals surface area (Å²) >= 11 is 0. The molecular formula is C20H38O2. The lowest BCUT2D eigenvalue weighted by Gasteiger charge is -2.04. The van der Waals surface area contributed by atoms with Gasteiger partial charge < -0.3 is 4.74 Å². The van der Waals surface area contributed by atoms with Crippen LogP contribution in [0.1, 0.15) is 97.8 Å². The Kier molecular flexibility index (Phi) is 16.0. The molecule has 0 aromatic heterocycles. The molecule has 0 saturated heterocycles. The average Bonchev–Trinajstić information content (AvgIpc) is 2.49. The maximum absolute atomic E-state index is 11.3. The molecule has 0 aliphatic rings. The van der Waals surface area contributed by atoms with Gasteiger partial charge in [-0.05, 0) is 18.8 Å². The number of carbonyl (C=O) groups is 1. The summed E-state index contributed by atoms with van der Waals surface area (Å²) < 4.78 is 5.08. The van der Waals surface area contributed by atoms with Crippen LogP contribution in [0.5, 0.6) is 0 Å². The van der Waals surface area contributed by atoms with Crippen molar-refractivity contribution in [1.82, 2.24) is 0 Å². The summed E-state index contributed by atoms with van der Waals surface area (Å²) in [5.41, 5.74) is 0. The second-order valence-corrected chi connectivity index (χ2v) is 6.75. The Morgan fingerprint density at radius 3 is 1.86 bits per heavy atom. The average molecular weight is 311 g/mol. The van der Waals surface area contributed by atoms with E-state index < -0.39 is 0 Å². The van der Waals surface area contributed by atoms with Crippen LogP contribution >= 0.6 is 0 Å². The third-order valence-electron chi connectivity index (χ3n) is 3.79. The number of esters is 1. The monoisotopic (exact) mass is 310 g/mol. The van der Waals surface area contributed by atoms with Crippen LogP contribution in [0.3, 0.4) is 0 Å². The van der Waals surface area contributed by atoms with Crippen molar-refractivity contribution >= 4 is 5.97 Å². The van der Waals surface area contributed by atoms with Gasteiger partial charge in [-0.25, -0.2) is 4.79 Å². The zero-order valence-electron chi connectivity index (χ0n) is 15.2. The minimum absolute atomic E-state index is 0.197. The molecule has 0 unspecified atom stereocenters. The highest BCUT2D eigenvalue weighted by molar-refractivity contribution is 5.81. The summed E-state index contributed by atoms with van der Waals surface area (Å²) in [7, 11) is 0. The molecule has 0 spiro atoms. The van der Waals surface area contributed by atoms with Crippen molar-refractivity contribution in [1.29, 1.82) is 0 Å². The minimum atomic E-state index is -0.197. The fourth-order valence-corrected chi connectivity index (χ4v) is 2.40. The number of allylic oxidation sites excluding steroid dienone is 1.